The first kappa shape index (κ1) is 26.1. The molecule has 0 saturated carbocycles. The molecule has 0 N–H and O–H groups in total. The Morgan fingerprint density at radius 3 is 2.57 bits per heavy atom. The zero-order valence-electron chi connectivity index (χ0n) is 21.6. The Hall–Kier alpha value is -2.53. The topological polar surface area (TPSA) is 32.8 Å². The predicted octanol–water partition coefficient (Wildman–Crippen LogP) is 6.97. The number of hydrogen-bond acceptors (Lipinski definition) is 3. The van der Waals surface area contributed by atoms with E-state index in [0.29, 0.717) is 16.6 Å². The second kappa shape index (κ2) is 11.1. The van der Waals surface area contributed by atoms with E-state index in [9.17, 15) is 4.79 Å². The number of para-hydroxylation sites is 1. The van der Waals surface area contributed by atoms with Crippen molar-refractivity contribution in [3.8, 4) is 5.75 Å². The molecule has 5 rings (SSSR count). The fraction of sp³-hybridized carbons (Fsp3) is 0.387. The van der Waals surface area contributed by atoms with Gasteiger partial charge in [-0.1, -0.05) is 65.2 Å². The summed E-state index contributed by atoms with van der Waals surface area (Å²) >= 11 is 12.6. The van der Waals surface area contributed by atoms with Crippen LogP contribution < -0.4 is 4.74 Å². The summed E-state index contributed by atoms with van der Waals surface area (Å²) in [7, 11) is 1.89. The van der Waals surface area contributed by atoms with Gasteiger partial charge in [0.05, 0.1) is 16.7 Å². The molecule has 37 heavy (non-hydrogen) atoms. The zero-order valence-corrected chi connectivity index (χ0v) is 23.1. The van der Waals surface area contributed by atoms with Crippen LogP contribution >= 0.6 is 23.2 Å². The van der Waals surface area contributed by atoms with Crippen LogP contribution in [0.25, 0.3) is 0 Å². The number of fused-ring (bicyclic) bond motifs is 2. The summed E-state index contributed by atoms with van der Waals surface area (Å²) in [6.07, 6.45) is 3.14. The Kier molecular flexibility index (Phi) is 7.80. The van der Waals surface area contributed by atoms with Gasteiger partial charge in [0, 0.05) is 36.1 Å². The third-order valence-corrected chi connectivity index (χ3v) is 8.83. The summed E-state index contributed by atoms with van der Waals surface area (Å²) in [4.78, 5) is 17.6. The number of likely N-dealkylation sites (N-methyl/N-ethyl adjacent to an activating group) is 1. The van der Waals surface area contributed by atoms with Crippen LogP contribution in [-0.2, 0) is 5.41 Å². The average Bonchev–Trinajstić information content (AvgIpc) is 3.26. The highest BCUT2D eigenvalue weighted by Gasteiger charge is 2.42. The average molecular weight is 538 g/mol. The Morgan fingerprint density at radius 2 is 1.81 bits per heavy atom. The molecule has 2 aliphatic rings. The van der Waals surface area contributed by atoms with E-state index in [4.69, 9.17) is 27.9 Å². The minimum atomic E-state index is 0.0357. The van der Waals surface area contributed by atoms with Gasteiger partial charge in [-0.05, 0) is 81.7 Å². The Bertz CT molecular complexity index is 1270. The molecule has 1 spiro atoms. The maximum atomic E-state index is 13.2. The second-order valence-electron chi connectivity index (χ2n) is 10.6. The molecule has 1 saturated heterocycles. The number of piperidine rings is 1. The van der Waals surface area contributed by atoms with Crippen molar-refractivity contribution in [3.05, 3.63) is 99.0 Å². The van der Waals surface area contributed by atoms with E-state index in [1.165, 1.54) is 5.56 Å². The van der Waals surface area contributed by atoms with Crippen LogP contribution in [0.2, 0.25) is 10.0 Å². The predicted molar refractivity (Wildman–Crippen MR) is 151 cm³/mol. The number of amides is 1. The van der Waals surface area contributed by atoms with Crippen LogP contribution in [-0.4, -0.2) is 55.5 Å². The second-order valence-corrected chi connectivity index (χ2v) is 11.4. The number of halogens is 2. The highest BCUT2D eigenvalue weighted by atomic mass is 35.5. The summed E-state index contributed by atoms with van der Waals surface area (Å²) in [5.74, 6) is 1.24. The molecule has 1 fully saturated rings. The van der Waals surface area contributed by atoms with Gasteiger partial charge in [-0.15, -0.1) is 0 Å². The van der Waals surface area contributed by atoms with Crippen molar-refractivity contribution in [1.29, 1.82) is 0 Å². The summed E-state index contributed by atoms with van der Waals surface area (Å²) < 4.78 is 6.03. The molecule has 0 radical (unpaired) electrons. The van der Waals surface area contributed by atoms with Gasteiger partial charge in [0.2, 0.25) is 0 Å². The van der Waals surface area contributed by atoms with E-state index in [0.717, 1.165) is 67.9 Å². The number of likely N-dealkylation sites (tertiary alicyclic amines) is 1. The number of benzene rings is 3. The summed E-state index contributed by atoms with van der Waals surface area (Å²) in [5.41, 5.74) is 4.44. The normalized spacial score (nSPS) is 17.3. The van der Waals surface area contributed by atoms with Crippen molar-refractivity contribution in [1.82, 2.24) is 9.80 Å². The summed E-state index contributed by atoms with van der Waals surface area (Å²) in [6.45, 7) is 6.47. The van der Waals surface area contributed by atoms with Gasteiger partial charge in [0.15, 0.2) is 0 Å². The lowest BCUT2D eigenvalue weighted by Crippen LogP contribution is -2.44. The standard InChI is InChI=1S/C31H34Cl2N2O2/c1-22-6-5-7-24(18-22)30(36)34(2)20-25(23-10-11-27(32)28(33)19-23)12-15-35-16-13-31(14-17-35)21-37-29-9-4-3-8-26(29)31/h3-11,18-19,25H,12-17,20-21H2,1-2H3/t25-/m1/s1. The number of rotatable bonds is 7. The lowest BCUT2D eigenvalue weighted by molar-refractivity contribution is 0.0779. The lowest BCUT2D eigenvalue weighted by atomic mass is 9.74. The maximum Gasteiger partial charge on any atom is 0.253 e. The summed E-state index contributed by atoms with van der Waals surface area (Å²) in [5, 5.41) is 1.10. The highest BCUT2D eigenvalue weighted by molar-refractivity contribution is 6.42. The van der Waals surface area contributed by atoms with Crippen LogP contribution in [0, 0.1) is 6.92 Å². The monoisotopic (exact) mass is 536 g/mol. The van der Waals surface area contributed by atoms with Gasteiger partial charge in [-0.3, -0.25) is 4.79 Å². The molecule has 0 aliphatic carbocycles. The van der Waals surface area contributed by atoms with Crippen molar-refractivity contribution in [2.75, 3.05) is 39.8 Å². The number of aryl methyl sites for hydroxylation is 1. The van der Waals surface area contributed by atoms with Crippen LogP contribution in [0.4, 0.5) is 0 Å². The molecular weight excluding hydrogens is 503 g/mol. The molecule has 0 bridgehead atoms. The molecule has 4 nitrogen and oxygen atoms in total. The molecule has 3 aromatic carbocycles. The van der Waals surface area contributed by atoms with E-state index in [1.54, 1.807) is 0 Å². The molecule has 0 aromatic heterocycles. The quantitative estimate of drug-likeness (QED) is 0.326. The SMILES string of the molecule is Cc1cccc(C(=O)N(C)C[C@@H](CCN2CCC3(CC2)COc2ccccc23)c2ccc(Cl)c(Cl)c2)c1. The Morgan fingerprint density at radius 1 is 1.03 bits per heavy atom. The van der Waals surface area contributed by atoms with Crippen LogP contribution in [0.3, 0.4) is 0 Å². The van der Waals surface area contributed by atoms with Gasteiger partial charge in [0.1, 0.15) is 5.75 Å². The van der Waals surface area contributed by atoms with Crippen molar-refractivity contribution < 1.29 is 9.53 Å². The van der Waals surface area contributed by atoms with Gasteiger partial charge in [0.25, 0.3) is 5.91 Å². The fourth-order valence-corrected chi connectivity index (χ4v) is 6.13. The fourth-order valence-electron chi connectivity index (χ4n) is 5.82. The molecule has 0 unspecified atom stereocenters. The van der Waals surface area contributed by atoms with Gasteiger partial charge < -0.3 is 14.5 Å². The first-order valence-corrected chi connectivity index (χ1v) is 13.8. The van der Waals surface area contributed by atoms with Gasteiger partial charge in [-0.25, -0.2) is 0 Å². The van der Waals surface area contributed by atoms with E-state index >= 15 is 0 Å². The molecular formula is C31H34Cl2N2O2. The molecule has 1 atom stereocenters. The van der Waals surface area contributed by atoms with Crippen LogP contribution in [0.5, 0.6) is 5.75 Å². The van der Waals surface area contributed by atoms with Crippen molar-refractivity contribution in [2.45, 2.75) is 37.5 Å². The zero-order chi connectivity index (χ0) is 26.0. The number of hydrogen-bond donors (Lipinski definition) is 0. The number of carbonyl (C=O) groups is 1. The van der Waals surface area contributed by atoms with Crippen LogP contribution in [0.15, 0.2) is 66.7 Å². The highest BCUT2D eigenvalue weighted by Crippen LogP contribution is 2.45. The molecule has 2 heterocycles. The van der Waals surface area contributed by atoms with Crippen molar-refractivity contribution in [2.24, 2.45) is 0 Å². The minimum absolute atomic E-state index is 0.0357. The lowest BCUT2D eigenvalue weighted by Gasteiger charge is -2.39. The maximum absolute atomic E-state index is 13.2. The number of carbonyl (C=O) groups excluding carboxylic acids is 1. The van der Waals surface area contributed by atoms with Crippen molar-refractivity contribution in [3.63, 3.8) is 0 Å². The summed E-state index contributed by atoms with van der Waals surface area (Å²) in [6, 6.07) is 22.1. The van der Waals surface area contributed by atoms with E-state index in [-0.39, 0.29) is 17.2 Å². The molecule has 194 valence electrons. The van der Waals surface area contributed by atoms with E-state index in [2.05, 4.69) is 29.2 Å². The largest absolute Gasteiger partial charge is 0.492 e. The van der Waals surface area contributed by atoms with E-state index < -0.39 is 0 Å². The third kappa shape index (κ3) is 5.67. The Labute approximate surface area is 230 Å². The van der Waals surface area contributed by atoms with Gasteiger partial charge >= 0.3 is 0 Å². The molecule has 2 aliphatic heterocycles. The Balaban J connectivity index is 1.26. The van der Waals surface area contributed by atoms with E-state index in [1.807, 2.05) is 61.3 Å². The first-order chi connectivity index (χ1) is 17.8. The minimum Gasteiger partial charge on any atom is -0.492 e. The molecule has 1 amide bonds. The molecule has 3 aromatic rings. The third-order valence-electron chi connectivity index (χ3n) is 8.09. The molecule has 6 heteroatoms. The van der Waals surface area contributed by atoms with Crippen molar-refractivity contribution >= 4 is 29.1 Å². The smallest absolute Gasteiger partial charge is 0.253 e. The first-order valence-electron chi connectivity index (χ1n) is 13.1. The van der Waals surface area contributed by atoms with Gasteiger partial charge in [-0.2, -0.15) is 0 Å². The van der Waals surface area contributed by atoms with Crippen LogP contribution in [0.1, 0.15) is 52.2 Å². The number of ether oxygens (including phenoxy) is 1. The number of nitrogens with zero attached hydrogens (tertiary/aromatic N) is 2.